The Morgan fingerprint density at radius 1 is 1.12 bits per heavy atom. The predicted molar refractivity (Wildman–Crippen MR) is 103 cm³/mol. The molecule has 0 aliphatic carbocycles. The zero-order valence-corrected chi connectivity index (χ0v) is 15.0. The molecule has 0 saturated carbocycles. The van der Waals surface area contributed by atoms with Crippen LogP contribution < -0.4 is 15.5 Å². The van der Waals surface area contributed by atoms with Crippen LogP contribution in [0.5, 0.6) is 0 Å². The van der Waals surface area contributed by atoms with Crippen LogP contribution in [0, 0.1) is 0 Å². The topological polar surface area (TPSA) is 70.2 Å². The second-order valence-electron chi connectivity index (χ2n) is 5.76. The molecule has 1 aliphatic rings. The largest absolute Gasteiger partial charge is 0.370 e. The van der Waals surface area contributed by atoms with Gasteiger partial charge in [0.05, 0.1) is 0 Å². The summed E-state index contributed by atoms with van der Waals surface area (Å²) in [6.07, 6.45) is 2.44. The molecule has 1 aromatic carbocycles. The van der Waals surface area contributed by atoms with Crippen molar-refractivity contribution in [2.24, 2.45) is 0 Å². The Bertz CT molecular complexity index is 676. The number of hydrogen-bond donors (Lipinski definition) is 2. The summed E-state index contributed by atoms with van der Waals surface area (Å²) in [5.74, 6) is 4.07. The summed E-state index contributed by atoms with van der Waals surface area (Å²) >= 11 is 1.98. The quantitative estimate of drug-likeness (QED) is 0.741. The summed E-state index contributed by atoms with van der Waals surface area (Å²) in [5.41, 5.74) is 0.690. The molecule has 6 nitrogen and oxygen atoms in total. The Morgan fingerprint density at radius 3 is 2.72 bits per heavy atom. The van der Waals surface area contributed by atoms with Crippen molar-refractivity contribution >= 4 is 29.3 Å². The lowest BCUT2D eigenvalue weighted by Gasteiger charge is -2.27. The molecule has 7 heteroatoms. The van der Waals surface area contributed by atoms with Gasteiger partial charge in [0.25, 0.3) is 5.91 Å². The number of hydrogen-bond acceptors (Lipinski definition) is 6. The standard InChI is InChI=1S/C18H23N5OS/c24-18(15-5-2-1-3-6-15)20-8-4-7-19-16-13-17(22-14-21-16)23-9-11-25-12-10-23/h1-3,5-6,13-14H,4,7-12H2,(H,20,24)(H,19,21,22). The number of anilines is 2. The van der Waals surface area contributed by atoms with E-state index in [9.17, 15) is 4.79 Å². The van der Waals surface area contributed by atoms with E-state index in [0.717, 1.165) is 49.2 Å². The van der Waals surface area contributed by atoms with Crippen LogP contribution in [0.25, 0.3) is 0 Å². The summed E-state index contributed by atoms with van der Waals surface area (Å²) in [7, 11) is 0. The third-order valence-electron chi connectivity index (χ3n) is 3.97. The lowest BCUT2D eigenvalue weighted by atomic mass is 10.2. The number of benzene rings is 1. The van der Waals surface area contributed by atoms with E-state index in [0.29, 0.717) is 12.1 Å². The summed E-state index contributed by atoms with van der Waals surface area (Å²) in [5, 5.41) is 6.23. The van der Waals surface area contributed by atoms with Gasteiger partial charge in [0, 0.05) is 49.3 Å². The Kier molecular flexibility index (Phi) is 6.50. The van der Waals surface area contributed by atoms with Gasteiger partial charge in [-0.25, -0.2) is 9.97 Å². The smallest absolute Gasteiger partial charge is 0.251 e. The van der Waals surface area contributed by atoms with Crippen molar-refractivity contribution in [3.05, 3.63) is 48.3 Å². The summed E-state index contributed by atoms with van der Waals surface area (Å²) in [6.45, 7) is 3.45. The van der Waals surface area contributed by atoms with Gasteiger partial charge < -0.3 is 15.5 Å². The number of carbonyl (C=O) groups is 1. The zero-order valence-electron chi connectivity index (χ0n) is 14.1. The van der Waals surface area contributed by atoms with Gasteiger partial charge in [0.15, 0.2) is 0 Å². The van der Waals surface area contributed by atoms with Crippen LogP contribution in [0.2, 0.25) is 0 Å². The van der Waals surface area contributed by atoms with E-state index in [1.54, 1.807) is 6.33 Å². The first kappa shape index (κ1) is 17.5. The third kappa shape index (κ3) is 5.35. The first-order chi connectivity index (χ1) is 12.3. The van der Waals surface area contributed by atoms with E-state index in [1.807, 2.05) is 48.2 Å². The Balaban J connectivity index is 1.39. The van der Waals surface area contributed by atoms with E-state index in [1.165, 1.54) is 0 Å². The molecule has 0 radical (unpaired) electrons. The molecule has 2 heterocycles. The highest BCUT2D eigenvalue weighted by atomic mass is 32.2. The van der Waals surface area contributed by atoms with Gasteiger partial charge in [0.1, 0.15) is 18.0 Å². The van der Waals surface area contributed by atoms with E-state index in [-0.39, 0.29) is 5.91 Å². The summed E-state index contributed by atoms with van der Waals surface area (Å²) in [4.78, 5) is 22.9. The number of nitrogens with zero attached hydrogens (tertiary/aromatic N) is 3. The maximum Gasteiger partial charge on any atom is 0.251 e. The number of carbonyl (C=O) groups excluding carboxylic acids is 1. The van der Waals surface area contributed by atoms with Crippen LogP contribution >= 0.6 is 11.8 Å². The minimum absolute atomic E-state index is 0.0344. The van der Waals surface area contributed by atoms with Crippen molar-refractivity contribution in [3.63, 3.8) is 0 Å². The molecule has 2 N–H and O–H groups in total. The van der Waals surface area contributed by atoms with Gasteiger partial charge in [-0.3, -0.25) is 4.79 Å². The zero-order chi connectivity index (χ0) is 17.3. The third-order valence-corrected chi connectivity index (χ3v) is 4.91. The number of aromatic nitrogens is 2. The van der Waals surface area contributed by atoms with Crippen molar-refractivity contribution in [2.75, 3.05) is 47.9 Å². The number of nitrogens with one attached hydrogen (secondary N) is 2. The van der Waals surface area contributed by atoms with E-state index in [2.05, 4.69) is 25.5 Å². The molecule has 3 rings (SSSR count). The fraction of sp³-hybridized carbons (Fsp3) is 0.389. The van der Waals surface area contributed by atoms with Crippen LogP contribution in [0.15, 0.2) is 42.7 Å². The van der Waals surface area contributed by atoms with E-state index < -0.39 is 0 Å². The highest BCUT2D eigenvalue weighted by Gasteiger charge is 2.12. The van der Waals surface area contributed by atoms with E-state index in [4.69, 9.17) is 0 Å². The fourth-order valence-electron chi connectivity index (χ4n) is 2.61. The van der Waals surface area contributed by atoms with E-state index >= 15 is 0 Å². The Hall–Kier alpha value is -2.28. The summed E-state index contributed by atoms with van der Waals surface area (Å²) in [6, 6.07) is 11.3. The lowest BCUT2D eigenvalue weighted by Crippen LogP contribution is -2.33. The molecule has 0 unspecified atom stereocenters. The minimum atomic E-state index is -0.0344. The number of rotatable bonds is 7. The molecular weight excluding hydrogens is 334 g/mol. The molecule has 2 aromatic rings. The Labute approximate surface area is 152 Å². The number of thioether (sulfide) groups is 1. The van der Waals surface area contributed by atoms with Gasteiger partial charge in [-0.05, 0) is 18.6 Å². The Morgan fingerprint density at radius 2 is 1.92 bits per heavy atom. The van der Waals surface area contributed by atoms with Gasteiger partial charge in [0.2, 0.25) is 0 Å². The molecule has 1 amide bonds. The second-order valence-corrected chi connectivity index (χ2v) is 6.99. The van der Waals surface area contributed by atoms with Crippen molar-refractivity contribution in [2.45, 2.75) is 6.42 Å². The minimum Gasteiger partial charge on any atom is -0.370 e. The van der Waals surface area contributed by atoms with Crippen molar-refractivity contribution in [1.82, 2.24) is 15.3 Å². The maximum absolute atomic E-state index is 11.9. The van der Waals surface area contributed by atoms with Crippen LogP contribution in [0.3, 0.4) is 0 Å². The van der Waals surface area contributed by atoms with Gasteiger partial charge in [-0.1, -0.05) is 18.2 Å². The molecule has 1 aliphatic heterocycles. The first-order valence-electron chi connectivity index (χ1n) is 8.55. The molecule has 1 aromatic heterocycles. The van der Waals surface area contributed by atoms with Crippen molar-refractivity contribution in [3.8, 4) is 0 Å². The first-order valence-corrected chi connectivity index (χ1v) is 9.70. The molecule has 132 valence electrons. The molecule has 25 heavy (non-hydrogen) atoms. The van der Waals surface area contributed by atoms with Gasteiger partial charge in [-0.15, -0.1) is 0 Å². The average molecular weight is 357 g/mol. The van der Waals surface area contributed by atoms with Crippen LogP contribution in [0.1, 0.15) is 16.8 Å². The lowest BCUT2D eigenvalue weighted by molar-refractivity contribution is 0.0953. The monoisotopic (exact) mass is 357 g/mol. The van der Waals surface area contributed by atoms with Gasteiger partial charge in [-0.2, -0.15) is 11.8 Å². The molecule has 1 fully saturated rings. The average Bonchev–Trinajstić information content (AvgIpc) is 2.69. The van der Waals surface area contributed by atoms with Gasteiger partial charge >= 0.3 is 0 Å². The predicted octanol–water partition coefficient (Wildman–Crippen LogP) is 2.26. The highest BCUT2D eigenvalue weighted by Crippen LogP contribution is 2.18. The van der Waals surface area contributed by atoms with Crippen molar-refractivity contribution < 1.29 is 4.79 Å². The SMILES string of the molecule is O=C(NCCCNc1cc(N2CCSCC2)ncn1)c1ccccc1. The number of amides is 1. The molecule has 0 bridgehead atoms. The molecule has 1 saturated heterocycles. The van der Waals surface area contributed by atoms with Crippen molar-refractivity contribution in [1.29, 1.82) is 0 Å². The van der Waals surface area contributed by atoms with Crippen LogP contribution in [-0.2, 0) is 0 Å². The van der Waals surface area contributed by atoms with Crippen LogP contribution in [0.4, 0.5) is 11.6 Å². The molecular formula is C18H23N5OS. The normalized spacial score (nSPS) is 14.2. The highest BCUT2D eigenvalue weighted by molar-refractivity contribution is 7.99. The fourth-order valence-corrected chi connectivity index (χ4v) is 3.51. The molecule has 0 spiro atoms. The maximum atomic E-state index is 11.9. The second kappa shape index (κ2) is 9.27. The van der Waals surface area contributed by atoms with Crippen LogP contribution in [-0.4, -0.2) is 53.6 Å². The summed E-state index contributed by atoms with van der Waals surface area (Å²) < 4.78 is 0. The molecule has 0 atom stereocenters.